The Hall–Kier alpha value is -1.50. The second-order valence-electron chi connectivity index (χ2n) is 9.08. The molecule has 0 aromatic rings. The fourth-order valence-corrected chi connectivity index (χ4v) is 6.60. The van der Waals surface area contributed by atoms with E-state index in [0.29, 0.717) is 19.3 Å². The molecule has 0 spiro atoms. The van der Waals surface area contributed by atoms with E-state index in [0.717, 1.165) is 16.7 Å². The van der Waals surface area contributed by atoms with E-state index in [-0.39, 0.29) is 30.5 Å². The molecule has 7 heteroatoms. The van der Waals surface area contributed by atoms with Crippen LogP contribution in [-0.4, -0.2) is 28.6 Å². The number of rotatable bonds is 2. The van der Waals surface area contributed by atoms with Crippen molar-refractivity contribution in [1.29, 1.82) is 0 Å². The molecule has 1 N–H and O–H groups in total. The molecule has 2 nitrogen and oxygen atoms in total. The van der Waals surface area contributed by atoms with Crippen molar-refractivity contribution >= 4 is 5.78 Å². The summed E-state index contributed by atoms with van der Waals surface area (Å²) in [5.41, 5.74) is -1.85. The Morgan fingerprint density at radius 1 is 1.21 bits per heavy atom. The van der Waals surface area contributed by atoms with Gasteiger partial charge in [-0.25, -0.2) is 0 Å². The van der Waals surface area contributed by atoms with Crippen molar-refractivity contribution < 1.29 is 31.9 Å². The summed E-state index contributed by atoms with van der Waals surface area (Å²) in [5.74, 6) is -5.82. The number of allylic oxidation sites excluding steroid dienone is 5. The van der Waals surface area contributed by atoms with E-state index in [4.69, 9.17) is 0 Å². The predicted molar refractivity (Wildman–Crippen MR) is 97.2 cm³/mol. The standard InChI is InChI=1S/C22H25F5O2/c1-3-19-8-6-16-15-5-4-14(28)11-13(15)10-12(2)18(16)17(19)7-9-20(19,29)21(23,24)22(25,26)27/h6,8,11-12,17-18,29H,3-5,7,9-10H2,1-2H3/t12-,17+,18-,19?,20+/m1/s1. The first-order valence-electron chi connectivity index (χ1n) is 10.2. The highest BCUT2D eigenvalue weighted by atomic mass is 19.4. The highest BCUT2D eigenvalue weighted by molar-refractivity contribution is 5.93. The first-order chi connectivity index (χ1) is 13.4. The number of hydrogen-bond acceptors (Lipinski definition) is 2. The molecule has 29 heavy (non-hydrogen) atoms. The molecular weight excluding hydrogens is 391 g/mol. The van der Waals surface area contributed by atoms with Crippen molar-refractivity contribution in [3.05, 3.63) is 34.9 Å². The molecule has 1 unspecified atom stereocenters. The summed E-state index contributed by atoms with van der Waals surface area (Å²) in [6.07, 6.45) is 0.0208. The summed E-state index contributed by atoms with van der Waals surface area (Å²) in [4.78, 5) is 11.8. The van der Waals surface area contributed by atoms with Gasteiger partial charge >= 0.3 is 12.1 Å². The fraction of sp³-hybridized carbons (Fsp3) is 0.682. The lowest BCUT2D eigenvalue weighted by atomic mass is 9.53. The molecule has 4 aliphatic carbocycles. The van der Waals surface area contributed by atoms with Gasteiger partial charge in [0.25, 0.3) is 0 Å². The number of hydrogen-bond donors (Lipinski definition) is 1. The van der Waals surface area contributed by atoms with Crippen LogP contribution in [0.1, 0.15) is 52.4 Å². The highest BCUT2D eigenvalue weighted by Crippen LogP contribution is 2.68. The number of ketones is 1. The zero-order chi connectivity index (χ0) is 21.4. The maximum atomic E-state index is 14.6. The highest BCUT2D eigenvalue weighted by Gasteiger charge is 2.78. The Balaban J connectivity index is 1.88. The van der Waals surface area contributed by atoms with Crippen LogP contribution in [0.15, 0.2) is 34.9 Å². The van der Waals surface area contributed by atoms with Crippen molar-refractivity contribution in [2.24, 2.45) is 23.2 Å². The number of fused-ring (bicyclic) bond motifs is 4. The van der Waals surface area contributed by atoms with E-state index >= 15 is 0 Å². The lowest BCUT2D eigenvalue weighted by molar-refractivity contribution is -0.358. The van der Waals surface area contributed by atoms with Crippen LogP contribution in [0.2, 0.25) is 0 Å². The van der Waals surface area contributed by atoms with Gasteiger partial charge in [0, 0.05) is 11.8 Å². The van der Waals surface area contributed by atoms with Crippen LogP contribution in [0.25, 0.3) is 0 Å². The van der Waals surface area contributed by atoms with Gasteiger partial charge < -0.3 is 5.11 Å². The monoisotopic (exact) mass is 416 g/mol. The largest absolute Gasteiger partial charge is 0.456 e. The average molecular weight is 416 g/mol. The van der Waals surface area contributed by atoms with Crippen LogP contribution < -0.4 is 0 Å². The van der Waals surface area contributed by atoms with Crippen molar-refractivity contribution in [1.82, 2.24) is 0 Å². The smallest absolute Gasteiger partial charge is 0.382 e. The molecule has 5 atom stereocenters. The van der Waals surface area contributed by atoms with Gasteiger partial charge in [0.1, 0.15) is 5.60 Å². The van der Waals surface area contributed by atoms with Crippen LogP contribution in [-0.2, 0) is 4.79 Å². The van der Waals surface area contributed by atoms with E-state index in [1.807, 2.05) is 6.92 Å². The lowest BCUT2D eigenvalue weighted by Gasteiger charge is -2.53. The molecule has 1 saturated carbocycles. The Bertz CT molecular complexity index is 837. The van der Waals surface area contributed by atoms with Crippen LogP contribution in [0.5, 0.6) is 0 Å². The summed E-state index contributed by atoms with van der Waals surface area (Å²) >= 11 is 0. The molecule has 4 aliphatic rings. The third-order valence-corrected chi connectivity index (χ3v) is 7.91. The summed E-state index contributed by atoms with van der Waals surface area (Å²) in [6.45, 7) is 3.54. The van der Waals surface area contributed by atoms with Gasteiger partial charge in [0.15, 0.2) is 5.78 Å². The number of carbonyl (C=O) groups excluding carboxylic acids is 1. The zero-order valence-corrected chi connectivity index (χ0v) is 16.5. The first kappa shape index (κ1) is 20.8. The Labute approximate surface area is 166 Å². The van der Waals surface area contributed by atoms with Gasteiger partial charge in [0.05, 0.1) is 0 Å². The quantitative estimate of drug-likeness (QED) is 0.601. The summed E-state index contributed by atoms with van der Waals surface area (Å²) in [6, 6.07) is 0. The summed E-state index contributed by atoms with van der Waals surface area (Å²) in [7, 11) is 0. The van der Waals surface area contributed by atoms with E-state index in [1.54, 1.807) is 19.1 Å². The van der Waals surface area contributed by atoms with E-state index < -0.39 is 35.5 Å². The molecular formula is C22H25F5O2. The zero-order valence-electron chi connectivity index (χ0n) is 16.5. The van der Waals surface area contributed by atoms with Crippen LogP contribution >= 0.6 is 0 Å². The van der Waals surface area contributed by atoms with E-state index in [9.17, 15) is 31.9 Å². The van der Waals surface area contributed by atoms with Gasteiger partial charge in [-0.15, -0.1) is 0 Å². The average Bonchev–Trinajstić information content (AvgIpc) is 2.95. The topological polar surface area (TPSA) is 37.3 Å². The minimum atomic E-state index is -5.82. The van der Waals surface area contributed by atoms with Gasteiger partial charge in [-0.3, -0.25) is 4.79 Å². The van der Waals surface area contributed by atoms with Crippen molar-refractivity contribution in [2.75, 3.05) is 0 Å². The number of aliphatic hydroxyl groups is 1. The Kier molecular flexibility index (Phi) is 4.48. The molecule has 0 amide bonds. The molecule has 1 fully saturated rings. The number of alkyl halides is 5. The van der Waals surface area contributed by atoms with E-state index in [2.05, 4.69) is 0 Å². The third-order valence-electron chi connectivity index (χ3n) is 7.91. The molecule has 0 aromatic carbocycles. The SMILES string of the molecule is CCC12C=CC3=C4CCC(=O)C=C4C[C@@H](C)[C@H]3[C@@H]1CC[C@@]2(O)C(F)(F)C(F)(F)F. The van der Waals surface area contributed by atoms with Crippen molar-refractivity contribution in [3.63, 3.8) is 0 Å². The molecule has 0 bridgehead atoms. The van der Waals surface area contributed by atoms with E-state index in [1.165, 1.54) is 6.08 Å². The van der Waals surface area contributed by atoms with Crippen molar-refractivity contribution in [2.45, 2.75) is 70.1 Å². The molecule has 0 aliphatic heterocycles. The first-order valence-corrected chi connectivity index (χ1v) is 10.2. The van der Waals surface area contributed by atoms with Crippen LogP contribution in [0.4, 0.5) is 22.0 Å². The summed E-state index contributed by atoms with van der Waals surface area (Å²) < 4.78 is 69.0. The third kappa shape index (κ3) is 2.52. The second kappa shape index (κ2) is 6.25. The van der Waals surface area contributed by atoms with Gasteiger partial charge in [-0.05, 0) is 72.7 Å². The van der Waals surface area contributed by atoms with Crippen LogP contribution in [0, 0.1) is 23.2 Å². The van der Waals surface area contributed by atoms with Gasteiger partial charge in [-0.1, -0.05) is 26.0 Å². The molecule has 0 radical (unpaired) electrons. The molecule has 4 rings (SSSR count). The lowest BCUT2D eigenvalue weighted by Crippen LogP contribution is -2.64. The minimum Gasteiger partial charge on any atom is -0.382 e. The number of halogens is 5. The van der Waals surface area contributed by atoms with Crippen molar-refractivity contribution in [3.8, 4) is 0 Å². The predicted octanol–water partition coefficient (Wildman–Crippen LogP) is 5.53. The molecule has 0 saturated heterocycles. The maximum Gasteiger partial charge on any atom is 0.456 e. The van der Waals surface area contributed by atoms with Gasteiger partial charge in [-0.2, -0.15) is 22.0 Å². The Morgan fingerprint density at radius 3 is 2.52 bits per heavy atom. The second-order valence-corrected chi connectivity index (χ2v) is 9.08. The fourth-order valence-electron chi connectivity index (χ4n) is 6.60. The minimum absolute atomic E-state index is 0.00333. The van der Waals surface area contributed by atoms with Gasteiger partial charge in [0.2, 0.25) is 0 Å². The van der Waals surface area contributed by atoms with Crippen LogP contribution in [0.3, 0.4) is 0 Å². The maximum absolute atomic E-state index is 14.6. The molecule has 0 aromatic heterocycles. The summed E-state index contributed by atoms with van der Waals surface area (Å²) in [5, 5.41) is 11.0. The molecule has 160 valence electrons. The molecule has 0 heterocycles. The Morgan fingerprint density at radius 2 is 1.90 bits per heavy atom. The number of carbonyl (C=O) groups is 1. The normalized spacial score (nSPS) is 39.8.